The van der Waals surface area contributed by atoms with Gasteiger partial charge in [-0.3, -0.25) is 4.79 Å². The SMILES string of the molecule is CCOc1c(C)cc(NC(=O)C(CC(C)C)(CC(C)C)OCC)cc1C. The Bertz CT molecular complexity index is 560. The largest absolute Gasteiger partial charge is 0.493 e. The van der Waals surface area contributed by atoms with Gasteiger partial charge in [0.25, 0.3) is 5.91 Å². The van der Waals surface area contributed by atoms with E-state index >= 15 is 0 Å². The van der Waals surface area contributed by atoms with Gasteiger partial charge in [-0.05, 0) is 75.6 Å². The topological polar surface area (TPSA) is 47.6 Å². The zero-order chi connectivity index (χ0) is 19.9. The predicted molar refractivity (Wildman–Crippen MR) is 109 cm³/mol. The summed E-state index contributed by atoms with van der Waals surface area (Å²) in [6, 6.07) is 3.94. The number of carbonyl (C=O) groups excluding carboxylic acids is 1. The van der Waals surface area contributed by atoms with Gasteiger partial charge in [-0.25, -0.2) is 0 Å². The van der Waals surface area contributed by atoms with Gasteiger partial charge in [-0.1, -0.05) is 27.7 Å². The number of benzene rings is 1. The monoisotopic (exact) mass is 363 g/mol. The number of hydrogen-bond acceptors (Lipinski definition) is 3. The first-order chi connectivity index (χ1) is 12.1. The molecule has 0 heterocycles. The molecule has 0 radical (unpaired) electrons. The van der Waals surface area contributed by atoms with E-state index in [-0.39, 0.29) is 5.91 Å². The van der Waals surface area contributed by atoms with E-state index in [2.05, 4.69) is 33.0 Å². The lowest BCUT2D eigenvalue weighted by Crippen LogP contribution is -2.47. The van der Waals surface area contributed by atoms with Crippen molar-refractivity contribution in [3.63, 3.8) is 0 Å². The van der Waals surface area contributed by atoms with Crippen molar-refractivity contribution in [1.29, 1.82) is 0 Å². The highest BCUT2D eigenvalue weighted by atomic mass is 16.5. The van der Waals surface area contributed by atoms with Crippen LogP contribution in [0.25, 0.3) is 0 Å². The number of anilines is 1. The summed E-state index contributed by atoms with van der Waals surface area (Å²) in [7, 11) is 0. The second kappa shape index (κ2) is 9.96. The third-order valence-electron chi connectivity index (χ3n) is 4.32. The van der Waals surface area contributed by atoms with Crippen LogP contribution in [0.4, 0.5) is 5.69 Å². The fourth-order valence-corrected chi connectivity index (χ4v) is 3.69. The average Bonchev–Trinajstić information content (AvgIpc) is 2.49. The van der Waals surface area contributed by atoms with E-state index < -0.39 is 5.60 Å². The minimum atomic E-state index is -0.794. The maximum Gasteiger partial charge on any atom is 0.256 e. The maximum absolute atomic E-state index is 13.3. The molecule has 0 aliphatic carbocycles. The molecule has 0 unspecified atom stereocenters. The summed E-state index contributed by atoms with van der Waals surface area (Å²) in [4.78, 5) is 13.3. The number of rotatable bonds is 10. The van der Waals surface area contributed by atoms with Gasteiger partial charge in [0, 0.05) is 12.3 Å². The third-order valence-corrected chi connectivity index (χ3v) is 4.32. The molecule has 0 aliphatic rings. The molecule has 0 saturated heterocycles. The van der Waals surface area contributed by atoms with Crippen LogP contribution in [0.2, 0.25) is 0 Å². The molecule has 0 saturated carbocycles. The lowest BCUT2D eigenvalue weighted by Gasteiger charge is -2.35. The molecule has 0 bridgehead atoms. The van der Waals surface area contributed by atoms with Crippen molar-refractivity contribution in [2.45, 2.75) is 73.8 Å². The number of hydrogen-bond donors (Lipinski definition) is 1. The van der Waals surface area contributed by atoms with Gasteiger partial charge in [-0.2, -0.15) is 0 Å². The molecule has 1 N–H and O–H groups in total. The Morgan fingerprint density at radius 2 is 1.50 bits per heavy atom. The molecular weight excluding hydrogens is 326 g/mol. The van der Waals surface area contributed by atoms with Crippen molar-refractivity contribution < 1.29 is 14.3 Å². The lowest BCUT2D eigenvalue weighted by atomic mass is 9.83. The Labute approximate surface area is 159 Å². The number of aryl methyl sites for hydroxylation is 2. The lowest BCUT2D eigenvalue weighted by molar-refractivity contribution is -0.146. The first-order valence-electron chi connectivity index (χ1n) is 9.84. The molecule has 0 aliphatic heterocycles. The van der Waals surface area contributed by atoms with Gasteiger partial charge in [0.05, 0.1) is 6.61 Å². The fourth-order valence-electron chi connectivity index (χ4n) is 3.69. The molecule has 1 aromatic rings. The minimum absolute atomic E-state index is 0.0512. The third kappa shape index (κ3) is 6.01. The highest BCUT2D eigenvalue weighted by Gasteiger charge is 2.40. The number of amides is 1. The Hall–Kier alpha value is -1.55. The van der Waals surface area contributed by atoms with Crippen LogP contribution >= 0.6 is 0 Å². The van der Waals surface area contributed by atoms with E-state index in [4.69, 9.17) is 9.47 Å². The van der Waals surface area contributed by atoms with Crippen LogP contribution in [-0.4, -0.2) is 24.7 Å². The van der Waals surface area contributed by atoms with Crippen molar-refractivity contribution in [2.24, 2.45) is 11.8 Å². The van der Waals surface area contributed by atoms with Crippen LogP contribution < -0.4 is 10.1 Å². The van der Waals surface area contributed by atoms with Crippen molar-refractivity contribution in [3.05, 3.63) is 23.3 Å². The molecule has 1 amide bonds. The summed E-state index contributed by atoms with van der Waals surface area (Å²) >= 11 is 0. The van der Waals surface area contributed by atoms with Crippen LogP contribution in [0.5, 0.6) is 5.75 Å². The fraction of sp³-hybridized carbons (Fsp3) is 0.682. The van der Waals surface area contributed by atoms with Crippen LogP contribution in [0.3, 0.4) is 0 Å². The highest BCUT2D eigenvalue weighted by Crippen LogP contribution is 2.32. The highest BCUT2D eigenvalue weighted by molar-refractivity contribution is 5.97. The maximum atomic E-state index is 13.3. The Kier molecular flexibility index (Phi) is 8.61. The summed E-state index contributed by atoms with van der Waals surface area (Å²) in [5, 5.41) is 3.11. The Morgan fingerprint density at radius 3 is 1.88 bits per heavy atom. The smallest absolute Gasteiger partial charge is 0.256 e. The van der Waals surface area contributed by atoms with Crippen molar-refractivity contribution in [1.82, 2.24) is 0 Å². The second-order valence-corrected chi connectivity index (χ2v) is 7.95. The van der Waals surface area contributed by atoms with Crippen LogP contribution in [0.1, 0.15) is 65.5 Å². The van der Waals surface area contributed by atoms with Crippen LogP contribution in [0.15, 0.2) is 12.1 Å². The van der Waals surface area contributed by atoms with Crippen molar-refractivity contribution in [3.8, 4) is 5.75 Å². The first kappa shape index (κ1) is 22.5. The molecule has 4 nitrogen and oxygen atoms in total. The summed E-state index contributed by atoms with van der Waals surface area (Å²) in [6.45, 7) is 17.6. The molecule has 0 aromatic heterocycles. The van der Waals surface area contributed by atoms with Gasteiger partial charge in [0.1, 0.15) is 11.4 Å². The van der Waals surface area contributed by atoms with E-state index in [9.17, 15) is 4.79 Å². The normalized spacial score (nSPS) is 11.9. The summed E-state index contributed by atoms with van der Waals surface area (Å²) < 4.78 is 11.8. The standard InChI is InChI=1S/C22H37NO3/c1-9-25-20-17(7)11-19(12-18(20)8)23-21(24)22(26-10-2,13-15(3)4)14-16(5)6/h11-12,15-16H,9-10,13-14H2,1-8H3,(H,23,24). The quantitative estimate of drug-likeness (QED) is 0.596. The molecular formula is C22H37NO3. The van der Waals surface area contributed by atoms with E-state index in [1.54, 1.807) is 0 Å². The van der Waals surface area contributed by atoms with Crippen molar-refractivity contribution >= 4 is 11.6 Å². The molecule has 4 heteroatoms. The van der Waals surface area contributed by atoms with E-state index in [1.807, 2.05) is 39.8 Å². The second-order valence-electron chi connectivity index (χ2n) is 7.95. The molecule has 148 valence electrons. The Morgan fingerprint density at radius 1 is 1.00 bits per heavy atom. The van der Waals surface area contributed by atoms with Crippen molar-refractivity contribution in [2.75, 3.05) is 18.5 Å². The molecule has 0 atom stereocenters. The molecule has 0 spiro atoms. The van der Waals surface area contributed by atoms with Gasteiger partial charge >= 0.3 is 0 Å². The van der Waals surface area contributed by atoms with Gasteiger partial charge in [0.15, 0.2) is 0 Å². The predicted octanol–water partition coefficient (Wildman–Crippen LogP) is 5.51. The van der Waals surface area contributed by atoms with E-state index in [0.717, 1.165) is 22.6 Å². The van der Waals surface area contributed by atoms with Gasteiger partial charge < -0.3 is 14.8 Å². The summed E-state index contributed by atoms with van der Waals surface area (Å²) in [5.74, 6) is 1.58. The molecule has 0 fully saturated rings. The molecule has 26 heavy (non-hydrogen) atoms. The van der Waals surface area contributed by atoms with Crippen LogP contribution in [0, 0.1) is 25.7 Å². The first-order valence-corrected chi connectivity index (χ1v) is 9.84. The van der Waals surface area contributed by atoms with E-state index in [0.29, 0.717) is 37.9 Å². The molecule has 1 aromatic carbocycles. The van der Waals surface area contributed by atoms with E-state index in [1.165, 1.54) is 0 Å². The summed E-state index contributed by atoms with van der Waals surface area (Å²) in [6.07, 6.45) is 1.42. The number of ether oxygens (including phenoxy) is 2. The number of carbonyl (C=O) groups is 1. The van der Waals surface area contributed by atoms with Crippen LogP contribution in [-0.2, 0) is 9.53 Å². The molecule has 1 rings (SSSR count). The van der Waals surface area contributed by atoms with Gasteiger partial charge in [-0.15, -0.1) is 0 Å². The minimum Gasteiger partial charge on any atom is -0.493 e. The zero-order valence-electron chi connectivity index (χ0n) is 17.9. The Balaban J connectivity index is 3.15. The average molecular weight is 364 g/mol. The summed E-state index contributed by atoms with van der Waals surface area (Å²) in [5.41, 5.74) is 2.05. The van der Waals surface area contributed by atoms with Gasteiger partial charge in [0.2, 0.25) is 0 Å². The number of nitrogens with one attached hydrogen (secondary N) is 1. The zero-order valence-corrected chi connectivity index (χ0v) is 17.9.